The molecule has 0 N–H and O–H groups in total. The quantitative estimate of drug-likeness (QED) is 0.708. The van der Waals surface area contributed by atoms with Gasteiger partial charge in [-0.05, 0) is 50.5 Å². The van der Waals surface area contributed by atoms with Crippen LogP contribution in [0.25, 0.3) is 0 Å². The Balaban J connectivity index is 1.82. The van der Waals surface area contributed by atoms with Crippen molar-refractivity contribution in [3.05, 3.63) is 33.8 Å². The molecule has 0 atom stereocenters. The molecule has 0 bridgehead atoms. The molecule has 126 valence electrons. The van der Waals surface area contributed by atoms with Crippen LogP contribution < -0.4 is 0 Å². The first-order valence-electron chi connectivity index (χ1n) is 8.46. The van der Waals surface area contributed by atoms with Crippen molar-refractivity contribution in [2.24, 2.45) is 0 Å². The lowest BCUT2D eigenvalue weighted by Gasteiger charge is -2.58. The number of nitrogens with zero attached hydrogens (tertiary/aromatic N) is 2. The lowest BCUT2D eigenvalue weighted by molar-refractivity contribution is -0.230. The predicted octanol–water partition coefficient (Wildman–Crippen LogP) is 5.05. The molecule has 1 aliphatic heterocycles. The van der Waals surface area contributed by atoms with Crippen molar-refractivity contribution < 1.29 is 4.79 Å². The summed E-state index contributed by atoms with van der Waals surface area (Å²) in [6, 6.07) is 5.84. The highest BCUT2D eigenvalue weighted by atomic mass is 35.5. The summed E-state index contributed by atoms with van der Waals surface area (Å²) in [4.78, 5) is 12.7. The lowest BCUT2D eigenvalue weighted by Crippen LogP contribution is -2.76. The van der Waals surface area contributed by atoms with E-state index in [1.54, 1.807) is 6.07 Å². The lowest BCUT2D eigenvalue weighted by atomic mass is 9.93. The Morgan fingerprint density at radius 1 is 1.13 bits per heavy atom. The van der Waals surface area contributed by atoms with Gasteiger partial charge in [0.05, 0.1) is 0 Å². The highest BCUT2D eigenvalue weighted by Gasteiger charge is 2.54. The maximum absolute atomic E-state index is 12.7. The van der Waals surface area contributed by atoms with Crippen LogP contribution in [-0.2, 0) is 11.3 Å². The Hall–Kier alpha value is -0.770. The molecule has 0 spiro atoms. The molecule has 1 aliphatic carbocycles. The normalized spacial score (nSPS) is 22.8. The van der Waals surface area contributed by atoms with Gasteiger partial charge < -0.3 is 0 Å². The van der Waals surface area contributed by atoms with E-state index < -0.39 is 5.54 Å². The van der Waals surface area contributed by atoms with Crippen LogP contribution in [-0.4, -0.2) is 27.5 Å². The van der Waals surface area contributed by atoms with Crippen molar-refractivity contribution >= 4 is 29.1 Å². The Morgan fingerprint density at radius 2 is 1.78 bits per heavy atom. The fourth-order valence-corrected chi connectivity index (χ4v) is 4.06. The maximum atomic E-state index is 12.7. The van der Waals surface area contributed by atoms with Gasteiger partial charge in [0.25, 0.3) is 5.91 Å². The number of benzene rings is 1. The molecule has 1 amide bonds. The van der Waals surface area contributed by atoms with Crippen LogP contribution in [0.5, 0.6) is 0 Å². The van der Waals surface area contributed by atoms with Gasteiger partial charge in [-0.15, -0.1) is 0 Å². The van der Waals surface area contributed by atoms with Crippen LogP contribution in [0.4, 0.5) is 0 Å². The smallest absolute Gasteiger partial charge is 0.258 e. The SMILES string of the molecule is CC1(C)C(=O)N(C2CCCCCC2)N1Cc1cc(Cl)ccc1Cl. The van der Waals surface area contributed by atoms with E-state index in [4.69, 9.17) is 23.2 Å². The Kier molecular flexibility index (Phi) is 4.91. The van der Waals surface area contributed by atoms with Crippen molar-refractivity contribution in [1.29, 1.82) is 0 Å². The first-order valence-corrected chi connectivity index (χ1v) is 9.22. The molecule has 5 heteroatoms. The molecule has 1 aromatic carbocycles. The van der Waals surface area contributed by atoms with Crippen LogP contribution in [0.1, 0.15) is 57.9 Å². The third kappa shape index (κ3) is 3.24. The molecule has 23 heavy (non-hydrogen) atoms. The van der Waals surface area contributed by atoms with E-state index in [-0.39, 0.29) is 5.91 Å². The Morgan fingerprint density at radius 3 is 2.43 bits per heavy atom. The molecular weight excluding hydrogens is 331 g/mol. The molecule has 3 rings (SSSR count). The molecule has 1 saturated heterocycles. The van der Waals surface area contributed by atoms with Crippen LogP contribution in [0, 0.1) is 0 Å². The number of carbonyl (C=O) groups excluding carboxylic acids is 1. The number of hydrogen-bond acceptors (Lipinski definition) is 2. The van der Waals surface area contributed by atoms with Crippen LogP contribution in [0.2, 0.25) is 10.0 Å². The maximum Gasteiger partial charge on any atom is 0.258 e. The van der Waals surface area contributed by atoms with Gasteiger partial charge in [-0.2, -0.15) is 5.01 Å². The van der Waals surface area contributed by atoms with Crippen molar-refractivity contribution in [2.45, 2.75) is 70.5 Å². The summed E-state index contributed by atoms with van der Waals surface area (Å²) in [5, 5.41) is 5.53. The van der Waals surface area contributed by atoms with Crippen molar-refractivity contribution in [3.63, 3.8) is 0 Å². The van der Waals surface area contributed by atoms with E-state index >= 15 is 0 Å². The third-order valence-corrected chi connectivity index (χ3v) is 5.74. The fraction of sp³-hybridized carbons (Fsp3) is 0.611. The second-order valence-electron chi connectivity index (χ2n) is 7.15. The largest absolute Gasteiger partial charge is 0.271 e. The second-order valence-corrected chi connectivity index (χ2v) is 7.99. The van der Waals surface area contributed by atoms with Crippen molar-refractivity contribution in [3.8, 4) is 0 Å². The van der Waals surface area contributed by atoms with Gasteiger partial charge in [0, 0.05) is 22.6 Å². The molecular formula is C18H24Cl2N2O. The summed E-state index contributed by atoms with van der Waals surface area (Å²) in [5.41, 5.74) is 0.496. The predicted molar refractivity (Wildman–Crippen MR) is 94.4 cm³/mol. The summed E-state index contributed by atoms with van der Waals surface area (Å²) in [5.74, 6) is 0.225. The molecule has 1 heterocycles. The van der Waals surface area contributed by atoms with E-state index in [9.17, 15) is 4.79 Å². The van der Waals surface area contributed by atoms with Gasteiger partial charge >= 0.3 is 0 Å². The molecule has 2 aliphatic rings. The summed E-state index contributed by atoms with van der Waals surface area (Å²) in [6.07, 6.45) is 7.18. The summed E-state index contributed by atoms with van der Waals surface area (Å²) in [7, 11) is 0. The molecule has 0 aromatic heterocycles. The Bertz CT molecular complexity index is 595. The monoisotopic (exact) mass is 354 g/mol. The average Bonchev–Trinajstić information content (AvgIpc) is 2.79. The topological polar surface area (TPSA) is 23.6 Å². The first kappa shape index (κ1) is 17.1. The van der Waals surface area contributed by atoms with Gasteiger partial charge in [0.15, 0.2) is 0 Å². The Labute approximate surface area is 148 Å². The summed E-state index contributed by atoms with van der Waals surface area (Å²) >= 11 is 12.4. The number of rotatable bonds is 3. The van der Waals surface area contributed by atoms with Crippen molar-refractivity contribution in [1.82, 2.24) is 10.0 Å². The minimum absolute atomic E-state index is 0.225. The van der Waals surface area contributed by atoms with E-state index in [1.807, 2.05) is 31.0 Å². The number of hydrogen-bond donors (Lipinski definition) is 0. The van der Waals surface area contributed by atoms with Gasteiger partial charge in [-0.1, -0.05) is 48.9 Å². The van der Waals surface area contributed by atoms with Crippen LogP contribution in [0.3, 0.4) is 0 Å². The van der Waals surface area contributed by atoms with Crippen LogP contribution in [0.15, 0.2) is 18.2 Å². The summed E-state index contributed by atoms with van der Waals surface area (Å²) in [6.45, 7) is 4.59. The molecule has 1 aromatic rings. The fourth-order valence-electron chi connectivity index (χ4n) is 3.69. The average molecular weight is 355 g/mol. The third-order valence-electron chi connectivity index (χ3n) is 5.14. The zero-order valence-corrected chi connectivity index (χ0v) is 15.3. The molecule has 3 nitrogen and oxygen atoms in total. The van der Waals surface area contributed by atoms with E-state index in [2.05, 4.69) is 5.01 Å². The molecule has 0 radical (unpaired) electrons. The highest BCUT2D eigenvalue weighted by molar-refractivity contribution is 6.33. The van der Waals surface area contributed by atoms with Gasteiger partial charge in [0.1, 0.15) is 5.54 Å². The van der Waals surface area contributed by atoms with Gasteiger partial charge in [-0.3, -0.25) is 9.80 Å². The minimum atomic E-state index is -0.474. The van der Waals surface area contributed by atoms with E-state index in [1.165, 1.54) is 25.7 Å². The number of amides is 1. The summed E-state index contributed by atoms with van der Waals surface area (Å²) < 4.78 is 0. The zero-order chi connectivity index (χ0) is 16.6. The first-order chi connectivity index (χ1) is 10.9. The zero-order valence-electron chi connectivity index (χ0n) is 13.8. The number of halogens is 2. The molecule has 2 fully saturated rings. The minimum Gasteiger partial charge on any atom is -0.271 e. The van der Waals surface area contributed by atoms with E-state index in [0.29, 0.717) is 22.6 Å². The molecule has 0 unspecified atom stereocenters. The second kappa shape index (κ2) is 6.62. The van der Waals surface area contributed by atoms with Crippen molar-refractivity contribution in [2.75, 3.05) is 0 Å². The number of carbonyl (C=O) groups is 1. The van der Waals surface area contributed by atoms with Crippen LogP contribution >= 0.6 is 23.2 Å². The highest BCUT2D eigenvalue weighted by Crippen LogP contribution is 2.39. The van der Waals surface area contributed by atoms with Gasteiger partial charge in [0.2, 0.25) is 0 Å². The van der Waals surface area contributed by atoms with E-state index in [0.717, 1.165) is 18.4 Å². The van der Waals surface area contributed by atoms with Gasteiger partial charge in [-0.25, -0.2) is 0 Å². The number of hydrazine groups is 1. The molecule has 1 saturated carbocycles. The standard InChI is InChI=1S/C18H24Cl2N2O/c1-18(2)17(23)22(15-7-5-3-4-6-8-15)21(18)12-13-11-14(19)9-10-16(13)20/h9-11,15H,3-8,12H2,1-2H3.